The van der Waals surface area contributed by atoms with Gasteiger partial charge in [-0.1, -0.05) is 24.3 Å². The Balaban J connectivity index is 1.84. The molecule has 2 aromatic rings. The summed E-state index contributed by atoms with van der Waals surface area (Å²) in [5, 5.41) is 5.08. The van der Waals surface area contributed by atoms with Crippen molar-refractivity contribution in [2.45, 2.75) is 24.7 Å². The number of sulfonamides is 1. The predicted molar refractivity (Wildman–Crippen MR) is 107 cm³/mol. The highest BCUT2D eigenvalue weighted by Gasteiger charge is 2.29. The third-order valence-corrected chi connectivity index (χ3v) is 6.34. The van der Waals surface area contributed by atoms with Gasteiger partial charge < -0.3 is 10.6 Å². The lowest BCUT2D eigenvalue weighted by Gasteiger charge is -2.30. The molecule has 0 fully saturated rings. The van der Waals surface area contributed by atoms with Crippen molar-refractivity contribution in [3.8, 4) is 0 Å². The Morgan fingerprint density at radius 3 is 2.64 bits per heavy atom. The summed E-state index contributed by atoms with van der Waals surface area (Å²) in [4.78, 5) is 23.9. The Kier molecular flexibility index (Phi) is 5.99. The molecule has 0 atom stereocenters. The number of hydrogen-bond acceptors (Lipinski definition) is 4. The van der Waals surface area contributed by atoms with Crippen molar-refractivity contribution in [1.82, 2.24) is 10.6 Å². The molecule has 3 rings (SSSR count). The van der Waals surface area contributed by atoms with Crippen LogP contribution in [0.2, 0.25) is 0 Å². The maximum Gasteiger partial charge on any atom is 0.264 e. The number of anilines is 1. The first-order valence-corrected chi connectivity index (χ1v) is 10.6. The number of carbonyl (C=O) groups excluding carboxylic acids is 2. The zero-order valence-corrected chi connectivity index (χ0v) is 16.5. The summed E-state index contributed by atoms with van der Waals surface area (Å²) in [6, 6.07) is 13.3. The second-order valence-corrected chi connectivity index (χ2v) is 8.34. The van der Waals surface area contributed by atoms with Gasteiger partial charge in [0.2, 0.25) is 5.91 Å². The molecule has 28 heavy (non-hydrogen) atoms. The number of amides is 2. The highest BCUT2D eigenvalue weighted by atomic mass is 32.2. The molecule has 0 aliphatic carbocycles. The number of likely N-dealkylation sites (N-methyl/N-ethyl adjacent to an activating group) is 1. The number of nitrogens with zero attached hydrogens (tertiary/aromatic N) is 1. The van der Waals surface area contributed by atoms with Crippen molar-refractivity contribution in [1.29, 1.82) is 0 Å². The van der Waals surface area contributed by atoms with Crippen LogP contribution in [-0.2, 0) is 21.2 Å². The summed E-state index contributed by atoms with van der Waals surface area (Å²) in [5.41, 5.74) is 1.86. The van der Waals surface area contributed by atoms with Crippen molar-refractivity contribution < 1.29 is 18.0 Å². The van der Waals surface area contributed by atoms with Gasteiger partial charge in [-0.15, -0.1) is 0 Å². The van der Waals surface area contributed by atoms with E-state index >= 15 is 0 Å². The number of rotatable bonds is 6. The number of para-hydroxylation sites is 1. The van der Waals surface area contributed by atoms with E-state index in [0.717, 1.165) is 18.4 Å². The van der Waals surface area contributed by atoms with Gasteiger partial charge in [-0.05, 0) is 49.6 Å². The van der Waals surface area contributed by atoms with E-state index in [1.807, 2.05) is 18.2 Å². The van der Waals surface area contributed by atoms with Crippen LogP contribution in [0.3, 0.4) is 0 Å². The van der Waals surface area contributed by atoms with Gasteiger partial charge in [0, 0.05) is 18.7 Å². The molecule has 0 spiro atoms. The van der Waals surface area contributed by atoms with E-state index in [-0.39, 0.29) is 22.9 Å². The third kappa shape index (κ3) is 4.17. The number of carbonyl (C=O) groups is 2. The zero-order valence-electron chi connectivity index (χ0n) is 15.6. The van der Waals surface area contributed by atoms with Crippen LogP contribution in [0.5, 0.6) is 0 Å². The van der Waals surface area contributed by atoms with Crippen molar-refractivity contribution in [2.24, 2.45) is 0 Å². The van der Waals surface area contributed by atoms with Gasteiger partial charge in [0.15, 0.2) is 0 Å². The van der Waals surface area contributed by atoms with E-state index in [1.165, 1.54) is 28.6 Å². The molecular formula is C20H23N3O4S. The SMILES string of the molecule is CCNC(=O)CNC(=O)c1cccc(S(=O)(=O)N2CCCc3ccccc32)c1. The van der Waals surface area contributed by atoms with Crippen molar-refractivity contribution in [3.63, 3.8) is 0 Å². The van der Waals surface area contributed by atoms with Crippen molar-refractivity contribution >= 4 is 27.5 Å². The van der Waals surface area contributed by atoms with E-state index in [1.54, 1.807) is 13.0 Å². The molecule has 148 valence electrons. The van der Waals surface area contributed by atoms with Crippen LogP contribution < -0.4 is 14.9 Å². The molecular weight excluding hydrogens is 378 g/mol. The molecule has 0 saturated heterocycles. The molecule has 1 aliphatic rings. The first-order valence-electron chi connectivity index (χ1n) is 9.19. The Labute approximate surface area is 164 Å². The molecule has 1 aliphatic heterocycles. The molecule has 8 heteroatoms. The van der Waals surface area contributed by atoms with Gasteiger partial charge in [-0.2, -0.15) is 0 Å². The second-order valence-electron chi connectivity index (χ2n) is 6.47. The molecule has 2 N–H and O–H groups in total. The van der Waals surface area contributed by atoms with Crippen LogP contribution in [0.4, 0.5) is 5.69 Å². The normalized spacial score (nSPS) is 13.5. The first-order chi connectivity index (χ1) is 13.4. The highest BCUT2D eigenvalue weighted by Crippen LogP contribution is 2.31. The summed E-state index contributed by atoms with van der Waals surface area (Å²) in [7, 11) is -3.80. The van der Waals surface area contributed by atoms with Gasteiger partial charge in [-0.3, -0.25) is 13.9 Å². The minimum absolute atomic E-state index is 0.0508. The Morgan fingerprint density at radius 1 is 1.07 bits per heavy atom. The van der Waals surface area contributed by atoms with Crippen LogP contribution >= 0.6 is 0 Å². The molecule has 2 aromatic carbocycles. The maximum atomic E-state index is 13.2. The number of aryl methyl sites for hydroxylation is 1. The van der Waals surface area contributed by atoms with Crippen LogP contribution in [0.25, 0.3) is 0 Å². The predicted octanol–water partition coefficient (Wildman–Crippen LogP) is 1.69. The quantitative estimate of drug-likeness (QED) is 0.770. The van der Waals surface area contributed by atoms with Gasteiger partial charge in [-0.25, -0.2) is 8.42 Å². The van der Waals surface area contributed by atoms with Crippen molar-refractivity contribution in [2.75, 3.05) is 23.9 Å². The number of fused-ring (bicyclic) bond motifs is 1. The minimum Gasteiger partial charge on any atom is -0.355 e. The largest absolute Gasteiger partial charge is 0.355 e. The van der Waals surface area contributed by atoms with Crippen LogP contribution in [0.1, 0.15) is 29.3 Å². The Bertz CT molecular complexity index is 988. The van der Waals surface area contributed by atoms with Gasteiger partial charge in [0.1, 0.15) is 0 Å². The summed E-state index contributed by atoms with van der Waals surface area (Å²) in [5.74, 6) is -0.799. The molecule has 0 saturated carbocycles. The molecule has 0 aromatic heterocycles. The van der Waals surface area contributed by atoms with E-state index in [2.05, 4.69) is 10.6 Å². The Hall–Kier alpha value is -2.87. The van der Waals surface area contributed by atoms with E-state index in [0.29, 0.717) is 18.8 Å². The lowest BCUT2D eigenvalue weighted by Crippen LogP contribution is -2.37. The molecule has 7 nitrogen and oxygen atoms in total. The molecule has 2 amide bonds. The van der Waals surface area contributed by atoms with E-state index < -0.39 is 15.9 Å². The van der Waals surface area contributed by atoms with E-state index in [9.17, 15) is 18.0 Å². The first kappa shape index (κ1) is 19.9. The van der Waals surface area contributed by atoms with E-state index in [4.69, 9.17) is 0 Å². The lowest BCUT2D eigenvalue weighted by atomic mass is 10.0. The summed E-state index contributed by atoms with van der Waals surface area (Å²) < 4.78 is 27.8. The number of hydrogen-bond donors (Lipinski definition) is 2. The smallest absolute Gasteiger partial charge is 0.264 e. The van der Waals surface area contributed by atoms with Crippen molar-refractivity contribution in [3.05, 3.63) is 59.7 Å². The molecule has 0 radical (unpaired) electrons. The highest BCUT2D eigenvalue weighted by molar-refractivity contribution is 7.92. The average Bonchev–Trinajstić information content (AvgIpc) is 2.72. The maximum absolute atomic E-state index is 13.2. The number of nitrogens with one attached hydrogen (secondary N) is 2. The fourth-order valence-corrected chi connectivity index (χ4v) is 4.78. The molecule has 0 unspecified atom stereocenters. The standard InChI is InChI=1S/C20H23N3O4S/c1-2-21-19(24)14-22-20(25)16-8-5-10-17(13-16)28(26,27)23-12-6-9-15-7-3-4-11-18(15)23/h3-5,7-8,10-11,13H,2,6,9,12,14H2,1H3,(H,21,24)(H,22,25). The average molecular weight is 401 g/mol. The molecule has 0 bridgehead atoms. The number of benzene rings is 2. The summed E-state index contributed by atoms with van der Waals surface area (Å²) in [6.07, 6.45) is 1.58. The zero-order chi connectivity index (χ0) is 20.1. The lowest BCUT2D eigenvalue weighted by molar-refractivity contribution is -0.120. The minimum atomic E-state index is -3.80. The summed E-state index contributed by atoms with van der Waals surface area (Å²) >= 11 is 0. The monoisotopic (exact) mass is 401 g/mol. The van der Waals surface area contributed by atoms with Crippen LogP contribution in [0.15, 0.2) is 53.4 Å². The van der Waals surface area contributed by atoms with Gasteiger partial charge in [0.25, 0.3) is 15.9 Å². The fraction of sp³-hybridized carbons (Fsp3) is 0.300. The topological polar surface area (TPSA) is 95.6 Å². The van der Waals surface area contributed by atoms with Crippen LogP contribution in [0, 0.1) is 0 Å². The van der Waals surface area contributed by atoms with Gasteiger partial charge >= 0.3 is 0 Å². The second kappa shape index (κ2) is 8.43. The van der Waals surface area contributed by atoms with Crippen LogP contribution in [-0.4, -0.2) is 39.9 Å². The third-order valence-electron chi connectivity index (χ3n) is 4.54. The van der Waals surface area contributed by atoms with Gasteiger partial charge in [0.05, 0.1) is 17.1 Å². The summed E-state index contributed by atoms with van der Waals surface area (Å²) in [6.45, 7) is 2.49. The Morgan fingerprint density at radius 2 is 1.86 bits per heavy atom. The molecule has 1 heterocycles. The fourth-order valence-electron chi connectivity index (χ4n) is 3.20.